The largest absolute Gasteiger partial charge is 0.493 e. The van der Waals surface area contributed by atoms with Gasteiger partial charge in [0.15, 0.2) is 11.5 Å². The molecule has 1 aromatic carbocycles. The summed E-state index contributed by atoms with van der Waals surface area (Å²) in [6, 6.07) is 2.62. The SMILES string of the molecule is CC#CC(O)c1cc(OC)c(OC(C)C)cc1[N+](=O)[O-]. The molecule has 0 saturated heterocycles. The van der Waals surface area contributed by atoms with Gasteiger partial charge < -0.3 is 14.6 Å². The Bertz CT molecular complexity index is 557. The molecule has 6 nitrogen and oxygen atoms in total. The highest BCUT2D eigenvalue weighted by Gasteiger charge is 2.24. The van der Waals surface area contributed by atoms with Gasteiger partial charge >= 0.3 is 0 Å². The summed E-state index contributed by atoms with van der Waals surface area (Å²) in [6.45, 7) is 5.15. The lowest BCUT2D eigenvalue weighted by Crippen LogP contribution is -2.09. The lowest BCUT2D eigenvalue weighted by atomic mass is 10.1. The van der Waals surface area contributed by atoms with Crippen molar-refractivity contribution in [2.24, 2.45) is 0 Å². The number of nitrogens with zero attached hydrogens (tertiary/aromatic N) is 1. The van der Waals surface area contributed by atoms with Crippen LogP contribution in [0.2, 0.25) is 0 Å². The first kappa shape index (κ1) is 15.8. The minimum Gasteiger partial charge on any atom is -0.493 e. The highest BCUT2D eigenvalue weighted by atomic mass is 16.6. The molecule has 0 radical (unpaired) electrons. The Hall–Kier alpha value is -2.26. The van der Waals surface area contributed by atoms with E-state index in [0.29, 0.717) is 5.75 Å². The van der Waals surface area contributed by atoms with Crippen molar-refractivity contribution in [3.05, 3.63) is 27.8 Å². The van der Waals surface area contributed by atoms with Crippen molar-refractivity contribution in [2.45, 2.75) is 33.0 Å². The van der Waals surface area contributed by atoms with Crippen LogP contribution in [0.25, 0.3) is 0 Å². The molecule has 0 bridgehead atoms. The van der Waals surface area contributed by atoms with Crippen LogP contribution < -0.4 is 9.47 Å². The van der Waals surface area contributed by atoms with Crippen molar-refractivity contribution in [3.8, 4) is 23.3 Å². The normalized spacial score (nSPS) is 11.5. The van der Waals surface area contributed by atoms with Crippen LogP contribution >= 0.6 is 0 Å². The maximum absolute atomic E-state index is 11.1. The fourth-order valence-corrected chi connectivity index (χ4v) is 1.66. The molecule has 1 aromatic rings. The van der Waals surface area contributed by atoms with E-state index in [1.54, 1.807) is 20.8 Å². The fraction of sp³-hybridized carbons (Fsp3) is 0.429. The summed E-state index contributed by atoms with van der Waals surface area (Å²) in [6.07, 6.45) is -1.41. The maximum Gasteiger partial charge on any atom is 0.280 e. The first-order valence-corrected chi connectivity index (χ1v) is 6.04. The molecule has 1 rings (SSSR count). The molecule has 0 aliphatic heterocycles. The topological polar surface area (TPSA) is 81.8 Å². The lowest BCUT2D eigenvalue weighted by molar-refractivity contribution is -0.386. The zero-order valence-corrected chi connectivity index (χ0v) is 11.8. The van der Waals surface area contributed by atoms with E-state index in [-0.39, 0.29) is 23.1 Å². The number of nitro groups is 1. The summed E-state index contributed by atoms with van der Waals surface area (Å²) in [7, 11) is 1.43. The zero-order chi connectivity index (χ0) is 15.3. The number of rotatable bonds is 5. The van der Waals surface area contributed by atoms with E-state index < -0.39 is 11.0 Å². The molecule has 0 aromatic heterocycles. The molecule has 6 heteroatoms. The highest BCUT2D eigenvalue weighted by molar-refractivity contribution is 5.56. The quantitative estimate of drug-likeness (QED) is 0.508. The van der Waals surface area contributed by atoms with Gasteiger partial charge in [-0.2, -0.15) is 0 Å². The van der Waals surface area contributed by atoms with Gasteiger partial charge in [-0.25, -0.2) is 0 Å². The third kappa shape index (κ3) is 3.62. The summed E-state index contributed by atoms with van der Waals surface area (Å²) in [5, 5.41) is 21.0. The van der Waals surface area contributed by atoms with Gasteiger partial charge in [-0.3, -0.25) is 10.1 Å². The molecule has 108 valence electrons. The molecule has 20 heavy (non-hydrogen) atoms. The number of hydrogen-bond donors (Lipinski definition) is 1. The minimum atomic E-state index is -1.25. The Kier molecular flexibility index (Phi) is 5.35. The van der Waals surface area contributed by atoms with Crippen LogP contribution in [-0.4, -0.2) is 23.2 Å². The number of benzene rings is 1. The Labute approximate surface area is 117 Å². The van der Waals surface area contributed by atoms with Gasteiger partial charge in [0.25, 0.3) is 5.69 Å². The summed E-state index contributed by atoms with van der Waals surface area (Å²) in [5.41, 5.74) is -0.172. The summed E-state index contributed by atoms with van der Waals surface area (Å²) in [4.78, 5) is 10.5. The van der Waals surface area contributed by atoms with Crippen molar-refractivity contribution in [3.63, 3.8) is 0 Å². The van der Waals surface area contributed by atoms with E-state index in [9.17, 15) is 15.2 Å². The van der Waals surface area contributed by atoms with E-state index in [0.717, 1.165) is 0 Å². The summed E-state index contributed by atoms with van der Waals surface area (Å²) < 4.78 is 10.6. The van der Waals surface area contributed by atoms with E-state index in [1.807, 2.05) is 0 Å². The zero-order valence-electron chi connectivity index (χ0n) is 11.8. The molecule has 0 fully saturated rings. The second kappa shape index (κ2) is 6.78. The standard InChI is InChI=1S/C14H17NO5/c1-5-6-12(16)10-7-13(19-4)14(20-9(2)3)8-11(10)15(17)18/h7-9,12,16H,1-4H3. The Balaban J connectivity index is 3.43. The number of nitro benzene ring substituents is 1. The minimum absolute atomic E-state index is 0.0808. The molecular weight excluding hydrogens is 262 g/mol. The third-order valence-corrected chi connectivity index (χ3v) is 2.45. The third-order valence-electron chi connectivity index (χ3n) is 2.45. The van der Waals surface area contributed by atoms with Gasteiger partial charge in [0, 0.05) is 0 Å². The van der Waals surface area contributed by atoms with Crippen LogP contribution in [-0.2, 0) is 0 Å². The number of methoxy groups -OCH3 is 1. The molecule has 1 atom stereocenters. The molecule has 0 heterocycles. The van der Waals surface area contributed by atoms with Crippen molar-refractivity contribution >= 4 is 5.69 Å². The summed E-state index contributed by atoms with van der Waals surface area (Å²) >= 11 is 0. The van der Waals surface area contributed by atoms with Crippen LogP contribution in [0, 0.1) is 22.0 Å². The molecule has 0 aliphatic carbocycles. The van der Waals surface area contributed by atoms with Crippen molar-refractivity contribution < 1.29 is 19.5 Å². The average Bonchev–Trinajstić information content (AvgIpc) is 2.37. The van der Waals surface area contributed by atoms with Gasteiger partial charge in [-0.15, -0.1) is 5.92 Å². The van der Waals surface area contributed by atoms with Crippen LogP contribution in [0.3, 0.4) is 0 Å². The van der Waals surface area contributed by atoms with Gasteiger partial charge in [-0.1, -0.05) is 5.92 Å². The van der Waals surface area contributed by atoms with Crippen molar-refractivity contribution in [1.82, 2.24) is 0 Å². The van der Waals surface area contributed by atoms with E-state index in [1.165, 1.54) is 19.2 Å². The van der Waals surface area contributed by atoms with E-state index >= 15 is 0 Å². The maximum atomic E-state index is 11.1. The number of ether oxygens (including phenoxy) is 2. The molecule has 1 unspecified atom stereocenters. The van der Waals surface area contributed by atoms with Crippen LogP contribution in [0.1, 0.15) is 32.4 Å². The Morgan fingerprint density at radius 2 is 2.00 bits per heavy atom. The smallest absolute Gasteiger partial charge is 0.280 e. The number of aliphatic hydroxyl groups is 1. The molecule has 0 saturated carbocycles. The second-order valence-electron chi connectivity index (χ2n) is 4.28. The van der Waals surface area contributed by atoms with Crippen LogP contribution in [0.15, 0.2) is 12.1 Å². The Morgan fingerprint density at radius 3 is 2.45 bits per heavy atom. The predicted molar refractivity (Wildman–Crippen MR) is 73.8 cm³/mol. The molecular formula is C14H17NO5. The van der Waals surface area contributed by atoms with Crippen molar-refractivity contribution in [1.29, 1.82) is 0 Å². The molecule has 0 aliphatic rings. The molecule has 1 N–H and O–H groups in total. The van der Waals surface area contributed by atoms with Crippen LogP contribution in [0.5, 0.6) is 11.5 Å². The first-order valence-electron chi connectivity index (χ1n) is 6.04. The molecule has 0 spiro atoms. The van der Waals surface area contributed by atoms with E-state index in [4.69, 9.17) is 9.47 Å². The van der Waals surface area contributed by atoms with Gasteiger partial charge in [-0.05, 0) is 26.8 Å². The van der Waals surface area contributed by atoms with Crippen LogP contribution in [0.4, 0.5) is 5.69 Å². The van der Waals surface area contributed by atoms with Crippen molar-refractivity contribution in [2.75, 3.05) is 7.11 Å². The Morgan fingerprint density at radius 1 is 1.35 bits per heavy atom. The predicted octanol–water partition coefficient (Wildman–Crippen LogP) is 2.45. The molecule has 0 amide bonds. The number of hydrogen-bond acceptors (Lipinski definition) is 5. The van der Waals surface area contributed by atoms with Gasteiger partial charge in [0.1, 0.15) is 6.10 Å². The monoisotopic (exact) mass is 279 g/mol. The average molecular weight is 279 g/mol. The first-order chi connectivity index (χ1) is 9.40. The summed E-state index contributed by atoms with van der Waals surface area (Å²) in [5.74, 6) is 5.57. The fourth-order valence-electron chi connectivity index (χ4n) is 1.66. The van der Waals surface area contributed by atoms with Gasteiger partial charge in [0.2, 0.25) is 0 Å². The lowest BCUT2D eigenvalue weighted by Gasteiger charge is -2.15. The van der Waals surface area contributed by atoms with Gasteiger partial charge in [0.05, 0.1) is 29.8 Å². The number of aliphatic hydroxyl groups excluding tert-OH is 1. The highest BCUT2D eigenvalue weighted by Crippen LogP contribution is 2.37. The van der Waals surface area contributed by atoms with E-state index in [2.05, 4.69) is 11.8 Å². The second-order valence-corrected chi connectivity index (χ2v) is 4.28.